The second-order valence-electron chi connectivity index (χ2n) is 7.45. The fourth-order valence-electron chi connectivity index (χ4n) is 4.05. The van der Waals surface area contributed by atoms with Crippen LogP contribution in [0.15, 0.2) is 60.7 Å². The zero-order valence-corrected chi connectivity index (χ0v) is 18.0. The maximum absolute atomic E-state index is 9.81. The molecule has 0 N–H and O–H groups in total. The van der Waals surface area contributed by atoms with Gasteiger partial charge >= 0.3 is 0 Å². The molecule has 30 heavy (non-hydrogen) atoms. The van der Waals surface area contributed by atoms with Crippen LogP contribution in [0.25, 0.3) is 11.1 Å². The molecule has 0 bridgehead atoms. The Bertz CT molecular complexity index is 1080. The van der Waals surface area contributed by atoms with Crippen molar-refractivity contribution in [2.45, 2.75) is 6.92 Å². The van der Waals surface area contributed by atoms with Gasteiger partial charge in [0.2, 0.25) is 0 Å². The highest BCUT2D eigenvalue weighted by Gasteiger charge is 2.22. The molecule has 0 aromatic heterocycles. The second kappa shape index (κ2) is 8.69. The molecule has 0 unspecified atom stereocenters. The van der Waals surface area contributed by atoms with E-state index in [4.69, 9.17) is 16.3 Å². The molecule has 5 heteroatoms. The minimum atomic E-state index is 0.719. The molecule has 1 saturated heterocycles. The molecular formula is C25H24ClN3O. The fourth-order valence-corrected chi connectivity index (χ4v) is 4.18. The normalized spacial score (nSPS) is 13.8. The Kier molecular flexibility index (Phi) is 5.83. The van der Waals surface area contributed by atoms with Crippen LogP contribution < -0.4 is 14.5 Å². The minimum Gasteiger partial charge on any atom is -0.495 e. The number of halogens is 1. The average Bonchev–Trinajstić information content (AvgIpc) is 2.79. The van der Waals surface area contributed by atoms with Gasteiger partial charge < -0.3 is 14.5 Å². The van der Waals surface area contributed by atoms with Crippen molar-refractivity contribution >= 4 is 23.0 Å². The number of para-hydroxylation sites is 2. The molecule has 1 heterocycles. The van der Waals surface area contributed by atoms with E-state index in [2.05, 4.69) is 34.1 Å². The van der Waals surface area contributed by atoms with Crippen LogP contribution >= 0.6 is 11.6 Å². The number of hydrogen-bond acceptors (Lipinski definition) is 4. The molecule has 1 fully saturated rings. The number of nitriles is 1. The van der Waals surface area contributed by atoms with Crippen molar-refractivity contribution in [3.8, 4) is 22.9 Å². The van der Waals surface area contributed by atoms with Crippen molar-refractivity contribution in [3.63, 3.8) is 0 Å². The Hall–Kier alpha value is -3.16. The molecule has 0 radical (unpaired) electrons. The third kappa shape index (κ3) is 3.94. The summed E-state index contributed by atoms with van der Waals surface area (Å²) in [6, 6.07) is 22.6. The molecule has 0 aliphatic carbocycles. The smallest absolute Gasteiger partial charge is 0.142 e. The number of anilines is 2. The van der Waals surface area contributed by atoms with Crippen LogP contribution in [0, 0.1) is 18.3 Å². The van der Waals surface area contributed by atoms with Crippen LogP contribution in [-0.4, -0.2) is 33.3 Å². The van der Waals surface area contributed by atoms with Gasteiger partial charge in [-0.15, -0.1) is 0 Å². The number of benzene rings is 3. The quantitative estimate of drug-likeness (QED) is 0.560. The van der Waals surface area contributed by atoms with E-state index in [1.807, 2.05) is 49.4 Å². The fraction of sp³-hybridized carbons (Fsp3) is 0.240. The van der Waals surface area contributed by atoms with E-state index < -0.39 is 0 Å². The van der Waals surface area contributed by atoms with E-state index in [9.17, 15) is 5.26 Å². The van der Waals surface area contributed by atoms with E-state index in [0.717, 1.165) is 70.6 Å². The molecule has 0 spiro atoms. The van der Waals surface area contributed by atoms with Crippen molar-refractivity contribution in [2.24, 2.45) is 0 Å². The molecule has 1 aliphatic heterocycles. The summed E-state index contributed by atoms with van der Waals surface area (Å²) in [5.74, 6) is 0.893. The van der Waals surface area contributed by atoms with Crippen LogP contribution in [0.2, 0.25) is 5.02 Å². The Morgan fingerprint density at radius 1 is 0.867 bits per heavy atom. The van der Waals surface area contributed by atoms with Gasteiger partial charge in [-0.25, -0.2) is 0 Å². The minimum absolute atomic E-state index is 0.719. The summed E-state index contributed by atoms with van der Waals surface area (Å²) >= 11 is 6.05. The lowest BCUT2D eigenvalue weighted by Crippen LogP contribution is -2.47. The van der Waals surface area contributed by atoms with Crippen molar-refractivity contribution in [3.05, 3.63) is 76.8 Å². The van der Waals surface area contributed by atoms with E-state index in [1.165, 1.54) is 0 Å². The summed E-state index contributed by atoms with van der Waals surface area (Å²) in [4.78, 5) is 4.66. The maximum Gasteiger partial charge on any atom is 0.142 e. The first-order chi connectivity index (χ1) is 14.6. The van der Waals surface area contributed by atoms with Crippen LogP contribution in [0.1, 0.15) is 11.1 Å². The summed E-state index contributed by atoms with van der Waals surface area (Å²) in [6.45, 7) is 5.43. The first kappa shape index (κ1) is 20.1. The second-order valence-corrected chi connectivity index (χ2v) is 7.89. The molecule has 0 atom stereocenters. The number of methoxy groups -OCH3 is 1. The summed E-state index contributed by atoms with van der Waals surface area (Å²) < 4.78 is 5.53. The predicted octanol–water partition coefficient (Wildman–Crippen LogP) is 5.52. The highest BCUT2D eigenvalue weighted by molar-refractivity contribution is 6.30. The largest absolute Gasteiger partial charge is 0.495 e. The maximum atomic E-state index is 9.81. The van der Waals surface area contributed by atoms with Gasteiger partial charge in [-0.3, -0.25) is 0 Å². The molecule has 4 rings (SSSR count). The van der Waals surface area contributed by atoms with E-state index in [0.29, 0.717) is 0 Å². The standard InChI is InChI=1S/C25H24ClN3O/c1-18-15-20(19-7-9-21(26)10-8-19)16-24(22(18)17-27)29-13-11-28(12-14-29)23-5-3-4-6-25(23)30-2/h3-10,15-16H,11-14H2,1-2H3. The van der Waals surface area contributed by atoms with Crippen molar-refractivity contribution in [1.82, 2.24) is 0 Å². The molecular weight excluding hydrogens is 394 g/mol. The summed E-state index contributed by atoms with van der Waals surface area (Å²) in [5, 5.41) is 10.5. The monoisotopic (exact) mass is 417 g/mol. The molecule has 4 nitrogen and oxygen atoms in total. The lowest BCUT2D eigenvalue weighted by molar-refractivity contribution is 0.413. The molecule has 3 aromatic rings. The number of nitrogens with zero attached hydrogens (tertiary/aromatic N) is 3. The Morgan fingerprint density at radius 3 is 2.13 bits per heavy atom. The van der Waals surface area contributed by atoms with Crippen molar-refractivity contribution in [2.75, 3.05) is 43.1 Å². The van der Waals surface area contributed by atoms with Crippen LogP contribution in [-0.2, 0) is 0 Å². The molecule has 0 amide bonds. The molecule has 3 aromatic carbocycles. The predicted molar refractivity (Wildman–Crippen MR) is 124 cm³/mol. The molecule has 152 valence electrons. The Labute approximate surface area is 182 Å². The summed E-state index contributed by atoms with van der Waals surface area (Å²) in [5.41, 5.74) is 6.06. The van der Waals surface area contributed by atoms with Gasteiger partial charge in [-0.05, 0) is 60.0 Å². The van der Waals surface area contributed by atoms with Crippen LogP contribution in [0.5, 0.6) is 5.75 Å². The van der Waals surface area contributed by atoms with Gasteiger partial charge in [0.15, 0.2) is 0 Å². The topological polar surface area (TPSA) is 39.5 Å². The Morgan fingerprint density at radius 2 is 1.50 bits per heavy atom. The SMILES string of the molecule is COc1ccccc1N1CCN(c2cc(-c3ccc(Cl)cc3)cc(C)c2C#N)CC1. The van der Waals surface area contributed by atoms with Gasteiger partial charge in [-0.1, -0.05) is 35.9 Å². The van der Waals surface area contributed by atoms with E-state index >= 15 is 0 Å². The van der Waals surface area contributed by atoms with E-state index in [1.54, 1.807) is 7.11 Å². The first-order valence-corrected chi connectivity index (χ1v) is 10.4. The molecule has 0 saturated carbocycles. The van der Waals surface area contributed by atoms with E-state index in [-0.39, 0.29) is 0 Å². The lowest BCUT2D eigenvalue weighted by Gasteiger charge is -2.38. The zero-order chi connectivity index (χ0) is 21.1. The van der Waals surface area contributed by atoms with Crippen LogP contribution in [0.3, 0.4) is 0 Å². The summed E-state index contributed by atoms with van der Waals surface area (Å²) in [7, 11) is 1.71. The number of aryl methyl sites for hydroxylation is 1. The third-order valence-electron chi connectivity index (χ3n) is 5.65. The Balaban J connectivity index is 1.61. The zero-order valence-electron chi connectivity index (χ0n) is 17.2. The number of rotatable bonds is 4. The average molecular weight is 418 g/mol. The van der Waals surface area contributed by atoms with Crippen molar-refractivity contribution in [1.29, 1.82) is 5.26 Å². The van der Waals surface area contributed by atoms with Gasteiger partial charge in [0.05, 0.1) is 24.0 Å². The first-order valence-electron chi connectivity index (χ1n) is 10.0. The molecule has 1 aliphatic rings. The summed E-state index contributed by atoms with van der Waals surface area (Å²) in [6.07, 6.45) is 0. The third-order valence-corrected chi connectivity index (χ3v) is 5.90. The number of ether oxygens (including phenoxy) is 1. The van der Waals surface area contributed by atoms with Gasteiger partial charge in [-0.2, -0.15) is 5.26 Å². The number of piperazine rings is 1. The highest BCUT2D eigenvalue weighted by Crippen LogP contribution is 2.34. The van der Waals surface area contributed by atoms with Crippen molar-refractivity contribution < 1.29 is 4.74 Å². The van der Waals surface area contributed by atoms with Gasteiger partial charge in [0.1, 0.15) is 11.8 Å². The van der Waals surface area contributed by atoms with Crippen LogP contribution in [0.4, 0.5) is 11.4 Å². The highest BCUT2D eigenvalue weighted by atomic mass is 35.5. The van der Waals surface area contributed by atoms with Gasteiger partial charge in [0, 0.05) is 31.2 Å². The lowest BCUT2D eigenvalue weighted by atomic mass is 9.97. The van der Waals surface area contributed by atoms with Gasteiger partial charge in [0.25, 0.3) is 0 Å². The number of hydrogen-bond donors (Lipinski definition) is 0.